The van der Waals surface area contributed by atoms with Crippen LogP contribution in [-0.4, -0.2) is 63.3 Å². The second kappa shape index (κ2) is 32.4. The van der Waals surface area contributed by atoms with Gasteiger partial charge in [0.2, 0.25) is 0 Å². The third-order valence-electron chi connectivity index (χ3n) is 13.7. The first-order chi connectivity index (χ1) is 38.2. The van der Waals surface area contributed by atoms with Crippen LogP contribution in [0.25, 0.3) is 22.5 Å². The maximum absolute atomic E-state index is 11.7. The fourth-order valence-corrected chi connectivity index (χ4v) is 10.7. The third-order valence-corrected chi connectivity index (χ3v) is 15.8. The lowest BCUT2D eigenvalue weighted by molar-refractivity contribution is 0.0591. The fraction of sp³-hybridized carbons (Fsp3) is 0.344. The Morgan fingerprint density at radius 2 is 0.988 bits per heavy atom. The average Bonchev–Trinajstić information content (AvgIpc) is 4.18. The molecule has 8 aromatic rings. The molecule has 4 aromatic carbocycles. The molecule has 0 fully saturated rings. The normalized spacial score (nSPS) is 10.8. The van der Waals surface area contributed by atoms with Gasteiger partial charge in [-0.05, 0) is 124 Å². The molecule has 0 saturated heterocycles. The molecular weight excluding hydrogens is 1080 g/mol. The molecular formula is C64H76Cl2N6O6S2. The summed E-state index contributed by atoms with van der Waals surface area (Å²) in [4.78, 5) is 44.4. The molecule has 80 heavy (non-hydrogen) atoms. The van der Waals surface area contributed by atoms with Crippen LogP contribution in [0.2, 0.25) is 0 Å². The fourth-order valence-electron chi connectivity index (χ4n) is 9.04. The van der Waals surface area contributed by atoms with Gasteiger partial charge < -0.3 is 29.1 Å². The van der Waals surface area contributed by atoms with E-state index in [9.17, 15) is 9.59 Å². The minimum absolute atomic E-state index is 0. The number of halogens is 2. The van der Waals surface area contributed by atoms with Crippen LogP contribution in [0.15, 0.2) is 145 Å². The molecule has 0 unspecified atom stereocenters. The summed E-state index contributed by atoms with van der Waals surface area (Å²) in [5.74, 6) is 1.27. The van der Waals surface area contributed by atoms with Gasteiger partial charge in [0.25, 0.3) is 0 Å². The van der Waals surface area contributed by atoms with Crippen LogP contribution in [0.4, 0.5) is 11.4 Å². The lowest BCUT2D eigenvalue weighted by Gasteiger charge is -2.30. The number of ether oxygens (including phenoxy) is 3. The Kier molecular flexibility index (Phi) is 25.9. The van der Waals surface area contributed by atoms with Crippen molar-refractivity contribution >= 4 is 70.0 Å². The Morgan fingerprint density at radius 1 is 0.575 bits per heavy atom. The molecule has 1 N–H and O–H groups in total. The van der Waals surface area contributed by atoms with E-state index < -0.39 is 11.9 Å². The van der Waals surface area contributed by atoms with Crippen LogP contribution in [0, 0.1) is 0 Å². The quantitative estimate of drug-likeness (QED) is 0.0510. The highest BCUT2D eigenvalue weighted by Crippen LogP contribution is 2.31. The number of rotatable bonds is 22. The number of esters is 2. The summed E-state index contributed by atoms with van der Waals surface area (Å²) in [5.41, 5.74) is 12.7. The number of methoxy groups -OCH3 is 2. The Morgan fingerprint density at radius 3 is 1.38 bits per heavy atom. The number of hydrogen-bond donors (Lipinski definition) is 1. The van der Waals surface area contributed by atoms with Gasteiger partial charge in [-0.2, -0.15) is 0 Å². The van der Waals surface area contributed by atoms with Gasteiger partial charge in [0.1, 0.15) is 28.1 Å². The van der Waals surface area contributed by atoms with Crippen LogP contribution in [0.5, 0.6) is 11.5 Å². The Labute approximate surface area is 492 Å². The van der Waals surface area contributed by atoms with Gasteiger partial charge in [-0.25, -0.2) is 19.6 Å². The number of carbonyl (C=O) groups excluding carboxylic acids is 2. The van der Waals surface area contributed by atoms with E-state index >= 15 is 0 Å². The van der Waals surface area contributed by atoms with E-state index in [0.717, 1.165) is 45.6 Å². The molecule has 8 rings (SSSR count). The Bertz CT molecular complexity index is 3110. The smallest absolute Gasteiger partial charge is 0.339 e. The monoisotopic (exact) mass is 1160 g/mol. The lowest BCUT2D eigenvalue weighted by atomic mass is 9.94. The highest BCUT2D eigenvalue weighted by atomic mass is 35.5. The van der Waals surface area contributed by atoms with Gasteiger partial charge in [0.15, 0.2) is 0 Å². The minimum atomic E-state index is -0.506. The summed E-state index contributed by atoms with van der Waals surface area (Å²) in [6.45, 7) is 20.1. The number of aromatic nitrogens is 4. The number of thiazole rings is 2. The van der Waals surface area contributed by atoms with Crippen LogP contribution in [0.1, 0.15) is 146 Å². The first-order valence-corrected chi connectivity index (χ1v) is 29.2. The van der Waals surface area contributed by atoms with Crippen LogP contribution in [0.3, 0.4) is 0 Å². The van der Waals surface area contributed by atoms with Crippen molar-refractivity contribution in [2.24, 2.45) is 0 Å². The van der Waals surface area contributed by atoms with Crippen LogP contribution in [-0.2, 0) is 35.1 Å². The summed E-state index contributed by atoms with van der Waals surface area (Å²) < 4.78 is 15.0. The first kappa shape index (κ1) is 64.0. The van der Waals surface area contributed by atoms with Crippen molar-refractivity contribution in [3.8, 4) is 34.0 Å². The molecule has 4 heterocycles. The van der Waals surface area contributed by atoms with Crippen molar-refractivity contribution < 1.29 is 28.9 Å². The summed E-state index contributed by atoms with van der Waals surface area (Å²) in [5, 5.41) is 14.8. The number of nitrogens with zero attached hydrogens (tertiary/aromatic N) is 6. The predicted molar refractivity (Wildman–Crippen MR) is 331 cm³/mol. The van der Waals surface area contributed by atoms with Crippen molar-refractivity contribution in [2.75, 3.05) is 24.0 Å². The van der Waals surface area contributed by atoms with Crippen molar-refractivity contribution in [1.82, 2.24) is 19.9 Å². The summed E-state index contributed by atoms with van der Waals surface area (Å²) >= 11 is 9.04. The Balaban J connectivity index is 0.000000251. The van der Waals surface area contributed by atoms with Gasteiger partial charge in [0.05, 0.1) is 55.0 Å². The zero-order valence-corrected chi connectivity index (χ0v) is 50.8. The van der Waals surface area contributed by atoms with E-state index in [1.54, 1.807) is 34.9 Å². The summed E-state index contributed by atoms with van der Waals surface area (Å²) in [6.07, 6.45) is 10.3. The maximum atomic E-state index is 11.7. The van der Waals surface area contributed by atoms with E-state index in [1.165, 1.54) is 98.2 Å². The highest BCUT2D eigenvalue weighted by Gasteiger charge is 2.17. The molecule has 0 aliphatic carbocycles. The van der Waals surface area contributed by atoms with Crippen molar-refractivity contribution in [1.29, 1.82) is 0 Å². The van der Waals surface area contributed by atoms with Gasteiger partial charge >= 0.3 is 11.9 Å². The SMILES string of the molecule is CCC(CC)c1ccc(N(Cc2ccc(-c3csc(CCl)n3)cc2)C(C)C)cc1.CCC(CC)c1ccc(N(Cc2ccc(-c3csc(COc4cncc(C(=O)OC)c4)n3)cc2)C(C)C)cc1.COC(=O)c1cncc(O)c1.Cl. The topological polar surface area (TPSA) is 140 Å². The summed E-state index contributed by atoms with van der Waals surface area (Å²) in [7, 11) is 2.61. The number of pyridine rings is 2. The number of hydrogen-bond acceptors (Lipinski definition) is 14. The zero-order valence-electron chi connectivity index (χ0n) is 47.6. The third kappa shape index (κ3) is 18.4. The lowest BCUT2D eigenvalue weighted by Crippen LogP contribution is -2.30. The Hall–Kier alpha value is -6.84. The molecule has 0 radical (unpaired) electrons. The van der Waals surface area contributed by atoms with Gasteiger partial charge in [0, 0.05) is 70.8 Å². The molecule has 0 aliphatic rings. The molecule has 0 bridgehead atoms. The maximum Gasteiger partial charge on any atom is 0.339 e. The molecule has 0 aliphatic heterocycles. The molecule has 16 heteroatoms. The zero-order chi connectivity index (χ0) is 56.8. The highest BCUT2D eigenvalue weighted by molar-refractivity contribution is 7.10. The van der Waals surface area contributed by atoms with E-state index in [2.05, 4.69) is 187 Å². The molecule has 0 amide bonds. The minimum Gasteiger partial charge on any atom is -0.506 e. The largest absolute Gasteiger partial charge is 0.506 e. The molecule has 0 atom stereocenters. The van der Waals surface area contributed by atoms with Gasteiger partial charge in [-0.1, -0.05) is 100 Å². The second-order valence-electron chi connectivity index (χ2n) is 19.5. The van der Waals surface area contributed by atoms with Crippen molar-refractivity contribution in [3.05, 3.63) is 188 Å². The van der Waals surface area contributed by atoms with E-state index in [-0.39, 0.29) is 23.7 Å². The predicted octanol–water partition coefficient (Wildman–Crippen LogP) is 16.8. The molecule has 0 saturated carbocycles. The second-order valence-corrected chi connectivity index (χ2v) is 21.7. The number of alkyl halides is 1. The summed E-state index contributed by atoms with van der Waals surface area (Å²) in [6, 6.07) is 39.4. The number of aromatic hydroxyl groups is 1. The standard InChI is InChI=1S/C32H37N3O3S.C25H31ClN2S.C7H7NO3.ClH/c1-6-24(7-2)25-12-14-28(15-13-25)35(22(3)4)19-23-8-10-26(11-9-23)30-21-39-31(34-30)20-38-29-16-27(17-33-18-29)32(36)37-5;1-5-20(6-2)21-11-13-23(14-12-21)28(18(3)4)16-19-7-9-22(10-8-19)24-17-29-25(15-26)27-24;1-11-7(10)5-2-6(9)4-8-3-5;/h8-18,21-22,24H,6-7,19-20H2,1-5H3;7-14,17-18,20H,5-6,15-16H2,1-4H3;2-4,9H,1H3;1H. The molecule has 424 valence electrons. The van der Waals surface area contributed by atoms with Gasteiger partial charge in [-0.3, -0.25) is 9.97 Å². The van der Waals surface area contributed by atoms with E-state index in [0.29, 0.717) is 47.7 Å². The number of benzene rings is 4. The van der Waals surface area contributed by atoms with E-state index in [4.69, 9.17) is 31.2 Å². The molecule has 0 spiro atoms. The average molecular weight is 1160 g/mol. The molecule has 12 nitrogen and oxygen atoms in total. The van der Waals surface area contributed by atoms with E-state index in [1.807, 2.05) is 5.38 Å². The van der Waals surface area contributed by atoms with Crippen molar-refractivity contribution in [2.45, 2.75) is 131 Å². The number of anilines is 2. The first-order valence-electron chi connectivity index (χ1n) is 27.0. The number of carbonyl (C=O) groups is 2. The van der Waals surface area contributed by atoms with Crippen LogP contribution >= 0.6 is 46.7 Å². The van der Waals surface area contributed by atoms with Gasteiger partial charge in [-0.15, -0.1) is 46.7 Å². The molecule has 4 aromatic heterocycles. The van der Waals surface area contributed by atoms with Crippen molar-refractivity contribution in [3.63, 3.8) is 0 Å². The van der Waals surface area contributed by atoms with Crippen LogP contribution < -0.4 is 14.5 Å².